The maximum absolute atomic E-state index is 13.2. The quantitative estimate of drug-likeness (QED) is 0.226. The second-order valence-corrected chi connectivity index (χ2v) is 9.96. The molecule has 3 aromatic rings. The van der Waals surface area contributed by atoms with Crippen molar-refractivity contribution in [3.8, 4) is 5.75 Å². The van der Waals surface area contributed by atoms with Crippen LogP contribution in [-0.2, 0) is 0 Å². The summed E-state index contributed by atoms with van der Waals surface area (Å²) >= 11 is 6.19. The number of fused-ring (bicyclic) bond motifs is 1. The Morgan fingerprint density at radius 1 is 1.05 bits per heavy atom. The fraction of sp³-hybridized carbons (Fsp3) is 0.379. The van der Waals surface area contributed by atoms with E-state index in [1.54, 1.807) is 12.1 Å². The number of benzene rings is 3. The van der Waals surface area contributed by atoms with Crippen LogP contribution in [0.3, 0.4) is 0 Å². The molecular weight excluding hydrogens is 488 g/mol. The molecule has 1 aliphatic rings. The zero-order chi connectivity index (χ0) is 26.2. The van der Waals surface area contributed by atoms with Gasteiger partial charge in [0.25, 0.3) is 11.8 Å². The molecule has 1 atom stereocenters. The molecule has 1 heterocycles. The molecule has 196 valence electrons. The lowest BCUT2D eigenvalue weighted by Crippen LogP contribution is -2.44. The van der Waals surface area contributed by atoms with E-state index in [2.05, 4.69) is 16.0 Å². The summed E-state index contributed by atoms with van der Waals surface area (Å²) in [6.45, 7) is 2.46. The molecule has 37 heavy (non-hydrogen) atoms. The molecule has 0 bridgehead atoms. The molecule has 3 aromatic carbocycles. The highest BCUT2D eigenvalue weighted by Crippen LogP contribution is 2.29. The molecule has 0 aromatic heterocycles. The molecule has 0 radical (unpaired) electrons. The Bertz CT molecular complexity index is 1240. The summed E-state index contributed by atoms with van der Waals surface area (Å²) in [5, 5.41) is 12.1. The number of carbonyl (C=O) groups excluding carboxylic acids is 2. The van der Waals surface area contributed by atoms with Gasteiger partial charge in [-0.15, -0.1) is 0 Å². The van der Waals surface area contributed by atoms with E-state index in [0.717, 1.165) is 56.0 Å². The first kappa shape index (κ1) is 26.8. The number of ether oxygens (including phenoxy) is 1. The monoisotopic (exact) mass is 522 g/mol. The van der Waals surface area contributed by atoms with Crippen LogP contribution in [0.2, 0.25) is 5.02 Å². The Hall–Kier alpha value is -3.29. The highest BCUT2D eigenvalue weighted by atomic mass is 35.5. The van der Waals surface area contributed by atoms with Crippen LogP contribution >= 0.6 is 11.6 Å². The molecule has 7 nitrogen and oxygen atoms in total. The van der Waals surface area contributed by atoms with Crippen LogP contribution in [0.5, 0.6) is 5.75 Å². The van der Waals surface area contributed by atoms with Crippen molar-refractivity contribution < 1.29 is 14.3 Å². The second-order valence-electron chi connectivity index (χ2n) is 9.56. The number of anilines is 1. The van der Waals surface area contributed by atoms with Crippen molar-refractivity contribution in [2.75, 3.05) is 32.5 Å². The zero-order valence-corrected chi connectivity index (χ0v) is 21.9. The Labute approximate surface area is 223 Å². The third-order valence-corrected chi connectivity index (χ3v) is 7.40. The minimum Gasteiger partial charge on any atom is -0.496 e. The lowest BCUT2D eigenvalue weighted by molar-refractivity contribution is 0.0906. The number of nitrogens with two attached hydrogens (primary N) is 1. The predicted molar refractivity (Wildman–Crippen MR) is 149 cm³/mol. The first-order valence-electron chi connectivity index (χ1n) is 12.9. The number of halogens is 1. The molecule has 8 heteroatoms. The van der Waals surface area contributed by atoms with Crippen molar-refractivity contribution >= 4 is 39.9 Å². The van der Waals surface area contributed by atoms with Gasteiger partial charge in [-0.05, 0) is 80.1 Å². The van der Waals surface area contributed by atoms with Gasteiger partial charge < -0.3 is 26.4 Å². The van der Waals surface area contributed by atoms with Crippen molar-refractivity contribution in [1.29, 1.82) is 0 Å². The molecular formula is C29H35ClN4O3. The molecule has 5 N–H and O–H groups in total. The number of amides is 2. The van der Waals surface area contributed by atoms with E-state index in [0.29, 0.717) is 40.0 Å². The van der Waals surface area contributed by atoms with Gasteiger partial charge >= 0.3 is 0 Å². The smallest absolute Gasteiger partial charge is 0.255 e. The topological polar surface area (TPSA) is 105 Å². The predicted octanol–water partition coefficient (Wildman–Crippen LogP) is 4.78. The Morgan fingerprint density at radius 2 is 1.81 bits per heavy atom. The van der Waals surface area contributed by atoms with E-state index < -0.39 is 0 Å². The summed E-state index contributed by atoms with van der Waals surface area (Å²) < 4.78 is 5.38. The second kappa shape index (κ2) is 12.8. The van der Waals surface area contributed by atoms with Crippen LogP contribution in [0.25, 0.3) is 10.8 Å². The lowest BCUT2D eigenvalue weighted by atomic mass is 9.87. The number of hydrogen-bond donors (Lipinski definition) is 4. The van der Waals surface area contributed by atoms with Crippen molar-refractivity contribution in [3.63, 3.8) is 0 Å². The summed E-state index contributed by atoms with van der Waals surface area (Å²) in [6, 6.07) is 16.9. The summed E-state index contributed by atoms with van der Waals surface area (Å²) in [6.07, 6.45) is 4.54. The van der Waals surface area contributed by atoms with Gasteiger partial charge in [0.05, 0.1) is 23.4 Å². The van der Waals surface area contributed by atoms with Crippen LogP contribution in [0.15, 0.2) is 54.6 Å². The minimum atomic E-state index is -0.216. The first-order chi connectivity index (χ1) is 18.0. The van der Waals surface area contributed by atoms with Gasteiger partial charge in [-0.2, -0.15) is 0 Å². The van der Waals surface area contributed by atoms with E-state index in [1.807, 2.05) is 42.5 Å². The van der Waals surface area contributed by atoms with E-state index in [1.165, 1.54) is 7.11 Å². The average molecular weight is 523 g/mol. The Kier molecular flexibility index (Phi) is 9.25. The Balaban J connectivity index is 1.32. The summed E-state index contributed by atoms with van der Waals surface area (Å²) in [7, 11) is 1.51. The van der Waals surface area contributed by atoms with Crippen LogP contribution in [-0.4, -0.2) is 44.6 Å². The van der Waals surface area contributed by atoms with Crippen LogP contribution < -0.4 is 26.4 Å². The van der Waals surface area contributed by atoms with Crippen molar-refractivity contribution in [3.05, 3.63) is 70.7 Å². The number of nitrogen functional groups attached to an aromatic ring is 1. The highest BCUT2D eigenvalue weighted by molar-refractivity contribution is 6.33. The highest BCUT2D eigenvalue weighted by Gasteiger charge is 2.26. The number of hydrogen-bond acceptors (Lipinski definition) is 5. The van der Waals surface area contributed by atoms with Gasteiger partial charge in [-0.3, -0.25) is 9.59 Å². The van der Waals surface area contributed by atoms with Crippen molar-refractivity contribution in [2.24, 2.45) is 5.92 Å². The SMILES string of the molecule is COc1cc(N)c(Cl)cc1C(=O)NC(CCCCNC(=O)c1ccc2ccccc2c1)C1CCNCC1. The summed E-state index contributed by atoms with van der Waals surface area (Å²) in [5.41, 5.74) is 7.29. The molecule has 0 aliphatic carbocycles. The maximum Gasteiger partial charge on any atom is 0.255 e. The normalized spacial score (nSPS) is 14.8. The third kappa shape index (κ3) is 6.93. The number of piperidine rings is 1. The number of unbranched alkanes of at least 4 members (excludes halogenated alkanes) is 1. The fourth-order valence-electron chi connectivity index (χ4n) is 4.96. The van der Waals surface area contributed by atoms with Crippen molar-refractivity contribution in [1.82, 2.24) is 16.0 Å². The van der Waals surface area contributed by atoms with Gasteiger partial charge in [0.1, 0.15) is 5.75 Å². The third-order valence-electron chi connectivity index (χ3n) is 7.07. The van der Waals surface area contributed by atoms with Crippen LogP contribution in [0, 0.1) is 5.92 Å². The van der Waals surface area contributed by atoms with E-state index >= 15 is 0 Å². The minimum absolute atomic E-state index is 0.0202. The van der Waals surface area contributed by atoms with E-state index in [4.69, 9.17) is 22.1 Å². The summed E-state index contributed by atoms with van der Waals surface area (Å²) in [5.74, 6) is 0.501. The maximum atomic E-state index is 13.2. The largest absolute Gasteiger partial charge is 0.496 e. The molecule has 1 saturated heterocycles. The number of rotatable bonds is 10. The summed E-state index contributed by atoms with van der Waals surface area (Å²) in [4.78, 5) is 25.8. The molecule has 1 unspecified atom stereocenters. The molecule has 0 saturated carbocycles. The molecule has 2 amide bonds. The van der Waals surface area contributed by atoms with Crippen LogP contribution in [0.4, 0.5) is 5.69 Å². The van der Waals surface area contributed by atoms with Gasteiger partial charge in [0.2, 0.25) is 0 Å². The number of carbonyl (C=O) groups is 2. The van der Waals surface area contributed by atoms with Gasteiger partial charge in [0, 0.05) is 24.2 Å². The van der Waals surface area contributed by atoms with Gasteiger partial charge in [0.15, 0.2) is 0 Å². The molecule has 0 spiro atoms. The standard InChI is InChI=1S/C29H35ClN4O3/c1-37-27-18-25(31)24(30)17-23(27)29(36)34-26(20-11-14-32-15-12-20)8-4-5-13-33-28(35)22-10-9-19-6-2-3-7-21(19)16-22/h2-3,6-7,9-10,16-18,20,26,32H,4-5,8,11-15,31H2,1H3,(H,33,35)(H,34,36). The average Bonchev–Trinajstić information content (AvgIpc) is 2.93. The Morgan fingerprint density at radius 3 is 2.57 bits per heavy atom. The zero-order valence-electron chi connectivity index (χ0n) is 21.2. The van der Waals surface area contributed by atoms with Crippen LogP contribution in [0.1, 0.15) is 52.8 Å². The van der Waals surface area contributed by atoms with E-state index in [9.17, 15) is 9.59 Å². The molecule has 1 fully saturated rings. The lowest BCUT2D eigenvalue weighted by Gasteiger charge is -2.31. The number of methoxy groups -OCH3 is 1. The van der Waals surface area contributed by atoms with E-state index in [-0.39, 0.29) is 17.9 Å². The first-order valence-corrected chi connectivity index (χ1v) is 13.3. The molecule has 1 aliphatic heterocycles. The number of nitrogens with one attached hydrogen (secondary N) is 3. The van der Waals surface area contributed by atoms with Gasteiger partial charge in [-0.1, -0.05) is 41.9 Å². The molecule has 4 rings (SSSR count). The van der Waals surface area contributed by atoms with Gasteiger partial charge in [-0.25, -0.2) is 0 Å². The van der Waals surface area contributed by atoms with Crippen molar-refractivity contribution in [2.45, 2.75) is 38.1 Å². The fourth-order valence-corrected chi connectivity index (χ4v) is 5.12.